The molecule has 5 rings (SSSR count). The van der Waals surface area contributed by atoms with E-state index in [4.69, 9.17) is 4.74 Å². The fourth-order valence-electron chi connectivity index (χ4n) is 4.47. The van der Waals surface area contributed by atoms with Crippen LogP contribution in [0.25, 0.3) is 0 Å². The van der Waals surface area contributed by atoms with Crippen molar-refractivity contribution in [2.45, 2.75) is 32.2 Å². The number of anilines is 1. The molecule has 1 aromatic heterocycles. The average Bonchev–Trinajstić information content (AvgIpc) is 3.29. The van der Waals surface area contributed by atoms with E-state index in [0.717, 1.165) is 11.1 Å². The Morgan fingerprint density at radius 1 is 0.923 bits per heavy atom. The minimum atomic E-state index is -0.928. The van der Waals surface area contributed by atoms with Crippen LogP contribution in [0.1, 0.15) is 38.8 Å². The number of nitrogens with zero attached hydrogens (tertiary/aromatic N) is 2. The third kappa shape index (κ3) is 6.13. The molecule has 3 aromatic carbocycles. The van der Waals surface area contributed by atoms with Crippen molar-refractivity contribution >= 4 is 23.6 Å². The van der Waals surface area contributed by atoms with E-state index < -0.39 is 18.2 Å². The van der Waals surface area contributed by atoms with E-state index in [1.54, 1.807) is 60.8 Å². The number of ether oxygens (including phenoxy) is 1. The smallest absolute Gasteiger partial charge is 0.411 e. The molecule has 39 heavy (non-hydrogen) atoms. The number of rotatable bonds is 8. The van der Waals surface area contributed by atoms with Crippen LogP contribution in [0, 0.1) is 6.92 Å². The fourth-order valence-corrected chi connectivity index (χ4v) is 4.47. The molecular formula is C31H28N4O4. The van der Waals surface area contributed by atoms with Gasteiger partial charge in [0, 0.05) is 17.4 Å². The summed E-state index contributed by atoms with van der Waals surface area (Å²) in [5.41, 5.74) is 4.32. The highest BCUT2D eigenvalue weighted by Gasteiger charge is 2.47. The SMILES string of the molecule is Cc1ccc(CN2C(=O)O[C@H](c3cccc(NC(=O)c4ccccc4)c3)[C@@H]2C(=O)NCc2ccccn2)cc1. The summed E-state index contributed by atoms with van der Waals surface area (Å²) in [4.78, 5) is 45.1. The van der Waals surface area contributed by atoms with Gasteiger partial charge in [0.1, 0.15) is 0 Å². The van der Waals surface area contributed by atoms with Crippen LogP contribution in [0.2, 0.25) is 0 Å². The highest BCUT2D eigenvalue weighted by atomic mass is 16.6. The zero-order valence-corrected chi connectivity index (χ0v) is 21.4. The minimum absolute atomic E-state index is 0.210. The van der Waals surface area contributed by atoms with Crippen molar-refractivity contribution in [3.05, 3.63) is 131 Å². The largest absolute Gasteiger partial charge is 0.438 e. The standard InChI is InChI=1S/C31H28N4O4/c1-21-13-15-22(16-14-21)20-35-27(30(37)33-19-26-11-5-6-17-32-26)28(39-31(35)38)24-10-7-12-25(18-24)34-29(36)23-8-3-2-4-9-23/h2-18,27-28H,19-20H2,1H3,(H,33,37)(H,34,36)/t27-,28-/m1/s1. The Labute approximate surface area is 226 Å². The van der Waals surface area contributed by atoms with Crippen molar-refractivity contribution in [3.63, 3.8) is 0 Å². The van der Waals surface area contributed by atoms with Crippen LogP contribution in [0.5, 0.6) is 0 Å². The molecule has 0 saturated carbocycles. The number of hydrogen-bond acceptors (Lipinski definition) is 5. The number of aryl methyl sites for hydroxylation is 1. The molecular weight excluding hydrogens is 492 g/mol. The van der Waals surface area contributed by atoms with Gasteiger partial charge in [0.05, 0.1) is 18.8 Å². The summed E-state index contributed by atoms with van der Waals surface area (Å²) in [6, 6.07) is 28.2. The maximum Gasteiger partial charge on any atom is 0.411 e. The van der Waals surface area contributed by atoms with Crippen molar-refractivity contribution < 1.29 is 19.1 Å². The summed E-state index contributed by atoms with van der Waals surface area (Å²) in [5.74, 6) is -0.621. The van der Waals surface area contributed by atoms with Crippen molar-refractivity contribution in [2.24, 2.45) is 0 Å². The van der Waals surface area contributed by atoms with Crippen molar-refractivity contribution in [1.29, 1.82) is 0 Å². The Hall–Kier alpha value is -4.98. The van der Waals surface area contributed by atoms with Crippen LogP contribution >= 0.6 is 0 Å². The normalized spacial score (nSPS) is 16.4. The highest BCUT2D eigenvalue weighted by Crippen LogP contribution is 2.35. The molecule has 0 radical (unpaired) electrons. The first-order valence-electron chi connectivity index (χ1n) is 12.6. The van der Waals surface area contributed by atoms with E-state index in [2.05, 4.69) is 15.6 Å². The van der Waals surface area contributed by atoms with Gasteiger partial charge < -0.3 is 15.4 Å². The van der Waals surface area contributed by atoms with Gasteiger partial charge in [0.2, 0.25) is 5.91 Å². The van der Waals surface area contributed by atoms with Gasteiger partial charge in [0.15, 0.2) is 12.1 Å². The predicted octanol–water partition coefficient (Wildman–Crippen LogP) is 5.02. The van der Waals surface area contributed by atoms with Gasteiger partial charge in [-0.05, 0) is 54.4 Å². The van der Waals surface area contributed by atoms with Gasteiger partial charge >= 0.3 is 6.09 Å². The molecule has 2 N–H and O–H groups in total. The van der Waals surface area contributed by atoms with Gasteiger partial charge in [-0.25, -0.2) is 4.79 Å². The maximum atomic E-state index is 13.6. The van der Waals surface area contributed by atoms with Gasteiger partial charge in [-0.15, -0.1) is 0 Å². The third-order valence-electron chi connectivity index (χ3n) is 6.51. The number of hydrogen-bond donors (Lipinski definition) is 2. The fraction of sp³-hybridized carbons (Fsp3) is 0.161. The van der Waals surface area contributed by atoms with Crippen LogP contribution in [0.4, 0.5) is 10.5 Å². The first kappa shape index (κ1) is 25.7. The summed E-state index contributed by atoms with van der Waals surface area (Å²) in [7, 11) is 0. The van der Waals surface area contributed by atoms with Crippen LogP contribution in [0.15, 0.2) is 103 Å². The number of amides is 3. The zero-order chi connectivity index (χ0) is 27.2. The van der Waals surface area contributed by atoms with Crippen molar-refractivity contribution in [3.8, 4) is 0 Å². The maximum absolute atomic E-state index is 13.6. The lowest BCUT2D eigenvalue weighted by atomic mass is 10.00. The Balaban J connectivity index is 1.40. The number of cyclic esters (lactones) is 1. The van der Waals surface area contributed by atoms with E-state index in [-0.39, 0.29) is 24.9 Å². The summed E-state index contributed by atoms with van der Waals surface area (Å²) < 4.78 is 5.78. The Kier molecular flexibility index (Phi) is 7.63. The lowest BCUT2D eigenvalue weighted by Crippen LogP contribution is -2.46. The van der Waals surface area contributed by atoms with Crippen molar-refractivity contribution in [2.75, 3.05) is 5.32 Å². The summed E-state index contributed by atoms with van der Waals surface area (Å²) >= 11 is 0. The van der Waals surface area contributed by atoms with Gasteiger partial charge in [-0.1, -0.05) is 66.2 Å². The number of aromatic nitrogens is 1. The van der Waals surface area contributed by atoms with E-state index in [9.17, 15) is 14.4 Å². The lowest BCUT2D eigenvalue weighted by molar-refractivity contribution is -0.126. The third-order valence-corrected chi connectivity index (χ3v) is 6.51. The monoisotopic (exact) mass is 520 g/mol. The molecule has 0 bridgehead atoms. The molecule has 8 nitrogen and oxygen atoms in total. The average molecular weight is 521 g/mol. The van der Waals surface area contributed by atoms with Crippen LogP contribution in [0.3, 0.4) is 0 Å². The van der Waals surface area contributed by atoms with E-state index in [1.165, 1.54) is 4.90 Å². The number of benzene rings is 3. The second-order valence-corrected chi connectivity index (χ2v) is 9.35. The molecule has 0 aliphatic carbocycles. The van der Waals surface area contributed by atoms with Gasteiger partial charge in [0.25, 0.3) is 5.91 Å². The number of nitrogens with one attached hydrogen (secondary N) is 2. The van der Waals surface area contributed by atoms with Crippen LogP contribution in [-0.4, -0.2) is 33.8 Å². The Bertz CT molecular complexity index is 1460. The van der Waals surface area contributed by atoms with Gasteiger partial charge in [-0.3, -0.25) is 19.5 Å². The molecule has 0 unspecified atom stereocenters. The molecule has 2 atom stereocenters. The lowest BCUT2D eigenvalue weighted by Gasteiger charge is -2.24. The number of carbonyl (C=O) groups excluding carboxylic acids is 3. The van der Waals surface area contributed by atoms with Crippen LogP contribution < -0.4 is 10.6 Å². The molecule has 1 saturated heterocycles. The number of carbonyl (C=O) groups is 3. The van der Waals surface area contributed by atoms with Gasteiger partial charge in [-0.2, -0.15) is 0 Å². The summed E-state index contributed by atoms with van der Waals surface area (Å²) in [6.45, 7) is 2.41. The number of pyridine rings is 1. The molecule has 196 valence electrons. The highest BCUT2D eigenvalue weighted by molar-refractivity contribution is 6.04. The second-order valence-electron chi connectivity index (χ2n) is 9.35. The molecule has 4 aromatic rings. The van der Waals surface area contributed by atoms with E-state index in [1.807, 2.05) is 49.4 Å². The summed E-state index contributed by atoms with van der Waals surface area (Å²) in [5, 5.41) is 5.79. The second kappa shape index (κ2) is 11.6. The first-order valence-corrected chi connectivity index (χ1v) is 12.6. The molecule has 1 fully saturated rings. The zero-order valence-electron chi connectivity index (χ0n) is 21.4. The topological polar surface area (TPSA) is 101 Å². The molecule has 3 amide bonds. The minimum Gasteiger partial charge on any atom is -0.438 e. The first-order chi connectivity index (χ1) is 19.0. The Morgan fingerprint density at radius 2 is 1.69 bits per heavy atom. The molecule has 0 spiro atoms. The molecule has 8 heteroatoms. The molecule has 1 aliphatic heterocycles. The quantitative estimate of drug-likeness (QED) is 0.340. The molecule has 2 heterocycles. The van der Waals surface area contributed by atoms with Crippen LogP contribution in [-0.2, 0) is 22.6 Å². The molecule has 1 aliphatic rings. The Morgan fingerprint density at radius 3 is 2.44 bits per heavy atom. The van der Waals surface area contributed by atoms with E-state index >= 15 is 0 Å². The summed E-state index contributed by atoms with van der Waals surface area (Å²) in [6.07, 6.45) is 0.198. The van der Waals surface area contributed by atoms with E-state index in [0.29, 0.717) is 22.5 Å². The van der Waals surface area contributed by atoms with Crippen molar-refractivity contribution in [1.82, 2.24) is 15.2 Å². The predicted molar refractivity (Wildman–Crippen MR) is 147 cm³/mol.